The second kappa shape index (κ2) is 9.74. The maximum Gasteiger partial charge on any atom is 0.247 e. The first kappa shape index (κ1) is 18.2. The first-order chi connectivity index (χ1) is 12.4. The summed E-state index contributed by atoms with van der Waals surface area (Å²) in [6.07, 6.45) is 15.9. The first-order valence-corrected chi connectivity index (χ1v) is 10.3. The summed E-state index contributed by atoms with van der Waals surface area (Å²) in [5.74, 6) is 2.02. The molecule has 1 aromatic heterocycles. The van der Waals surface area contributed by atoms with Gasteiger partial charge in [-0.25, -0.2) is 0 Å². The average molecular weight is 341 g/mol. The summed E-state index contributed by atoms with van der Waals surface area (Å²) in [4.78, 5) is 0. The Morgan fingerprint density at radius 3 is 2.36 bits per heavy atom. The lowest BCUT2D eigenvalue weighted by atomic mass is 10.0. The van der Waals surface area contributed by atoms with E-state index in [1.807, 2.05) is 0 Å². The van der Waals surface area contributed by atoms with Crippen LogP contribution in [0.4, 0.5) is 0 Å². The summed E-state index contributed by atoms with van der Waals surface area (Å²) < 4.78 is 5.82. The Hall–Kier alpha value is -1.64. The van der Waals surface area contributed by atoms with Crippen molar-refractivity contribution in [2.24, 2.45) is 0 Å². The van der Waals surface area contributed by atoms with E-state index in [1.54, 1.807) is 0 Å². The smallest absolute Gasteiger partial charge is 0.247 e. The van der Waals surface area contributed by atoms with Crippen molar-refractivity contribution in [3.63, 3.8) is 0 Å². The summed E-state index contributed by atoms with van der Waals surface area (Å²) in [6, 6.07) is 8.62. The molecular weight excluding hydrogens is 308 g/mol. The third-order valence-electron chi connectivity index (χ3n) is 5.11. The highest BCUT2D eigenvalue weighted by Crippen LogP contribution is 2.39. The van der Waals surface area contributed by atoms with Crippen molar-refractivity contribution < 1.29 is 4.42 Å². The largest absolute Gasteiger partial charge is 0.420 e. The Kier molecular flexibility index (Phi) is 7.08. The maximum atomic E-state index is 5.82. The molecule has 0 radical (unpaired) electrons. The van der Waals surface area contributed by atoms with Crippen LogP contribution in [0.2, 0.25) is 0 Å². The lowest BCUT2D eigenvalue weighted by Crippen LogP contribution is -1.88. The first-order valence-electron chi connectivity index (χ1n) is 10.3. The zero-order valence-corrected chi connectivity index (χ0v) is 15.7. The van der Waals surface area contributed by atoms with Crippen LogP contribution in [-0.2, 0) is 6.42 Å². The second-order valence-corrected chi connectivity index (χ2v) is 7.50. The van der Waals surface area contributed by atoms with Gasteiger partial charge >= 0.3 is 0 Å². The molecule has 1 aliphatic rings. The molecule has 136 valence electrons. The second-order valence-electron chi connectivity index (χ2n) is 7.50. The van der Waals surface area contributed by atoms with E-state index in [0.29, 0.717) is 11.8 Å². The molecule has 0 amide bonds. The zero-order chi connectivity index (χ0) is 17.3. The lowest BCUT2D eigenvalue weighted by molar-refractivity contribution is 0.508. The minimum Gasteiger partial charge on any atom is -0.420 e. The molecule has 1 aromatic carbocycles. The van der Waals surface area contributed by atoms with Crippen LogP contribution >= 0.6 is 0 Å². The van der Waals surface area contributed by atoms with E-state index >= 15 is 0 Å². The van der Waals surface area contributed by atoms with Crippen molar-refractivity contribution in [3.8, 4) is 11.5 Å². The number of hydrogen-bond acceptors (Lipinski definition) is 3. The van der Waals surface area contributed by atoms with Gasteiger partial charge in [-0.2, -0.15) is 0 Å². The van der Waals surface area contributed by atoms with Gasteiger partial charge in [0.1, 0.15) is 0 Å². The number of unbranched alkanes of at least 4 members (excludes halogenated alkanes) is 8. The number of aromatic nitrogens is 2. The summed E-state index contributed by atoms with van der Waals surface area (Å²) in [6.45, 7) is 2.28. The molecule has 1 heterocycles. The molecule has 0 bridgehead atoms. The van der Waals surface area contributed by atoms with Gasteiger partial charge in [-0.3, -0.25) is 0 Å². The minimum absolute atomic E-state index is 0.520. The number of aryl methyl sites for hydroxylation is 1. The van der Waals surface area contributed by atoms with Gasteiger partial charge in [0.25, 0.3) is 0 Å². The minimum atomic E-state index is 0.520. The number of nitrogens with zero attached hydrogens (tertiary/aromatic N) is 2. The SMILES string of the molecule is CCCCCCCCCCCc1cccc(-c2nnc(C3CC3)o2)c1. The van der Waals surface area contributed by atoms with Gasteiger partial charge in [0.2, 0.25) is 11.8 Å². The Labute approximate surface area is 152 Å². The molecule has 3 nitrogen and oxygen atoms in total. The van der Waals surface area contributed by atoms with Gasteiger partial charge in [0, 0.05) is 11.5 Å². The van der Waals surface area contributed by atoms with E-state index in [-0.39, 0.29) is 0 Å². The van der Waals surface area contributed by atoms with E-state index in [4.69, 9.17) is 4.42 Å². The van der Waals surface area contributed by atoms with Gasteiger partial charge < -0.3 is 4.42 Å². The molecule has 2 aromatic rings. The monoisotopic (exact) mass is 340 g/mol. The van der Waals surface area contributed by atoms with Crippen molar-refractivity contribution in [2.75, 3.05) is 0 Å². The molecule has 0 spiro atoms. The van der Waals surface area contributed by atoms with Gasteiger partial charge in [0.05, 0.1) is 0 Å². The van der Waals surface area contributed by atoms with Crippen LogP contribution in [0.25, 0.3) is 11.5 Å². The summed E-state index contributed by atoms with van der Waals surface area (Å²) in [7, 11) is 0. The molecule has 1 aliphatic carbocycles. The predicted molar refractivity (Wildman–Crippen MR) is 103 cm³/mol. The standard InChI is InChI=1S/C22H32N2O/c1-2-3-4-5-6-7-8-9-10-12-18-13-11-14-20(17-18)22-24-23-21(25-22)19-15-16-19/h11,13-14,17,19H,2-10,12,15-16H2,1H3. The van der Waals surface area contributed by atoms with Gasteiger partial charge in [-0.15, -0.1) is 10.2 Å². The van der Waals surface area contributed by atoms with E-state index in [9.17, 15) is 0 Å². The molecule has 0 saturated heterocycles. The molecule has 1 fully saturated rings. The zero-order valence-electron chi connectivity index (χ0n) is 15.7. The van der Waals surface area contributed by atoms with Gasteiger partial charge in [0.15, 0.2) is 0 Å². The Morgan fingerprint density at radius 2 is 1.64 bits per heavy atom. The van der Waals surface area contributed by atoms with Gasteiger partial charge in [-0.1, -0.05) is 70.4 Å². The molecule has 3 heteroatoms. The third-order valence-corrected chi connectivity index (χ3v) is 5.11. The highest BCUT2D eigenvalue weighted by Gasteiger charge is 2.29. The fourth-order valence-electron chi connectivity index (χ4n) is 3.35. The van der Waals surface area contributed by atoms with Crippen LogP contribution in [0.5, 0.6) is 0 Å². The molecule has 1 saturated carbocycles. The Bertz CT molecular complexity index is 630. The number of hydrogen-bond donors (Lipinski definition) is 0. The highest BCUT2D eigenvalue weighted by atomic mass is 16.4. The summed E-state index contributed by atoms with van der Waals surface area (Å²) >= 11 is 0. The van der Waals surface area contributed by atoms with Crippen molar-refractivity contribution in [2.45, 2.75) is 89.9 Å². The maximum absolute atomic E-state index is 5.82. The third kappa shape index (κ3) is 5.98. The molecule has 25 heavy (non-hydrogen) atoms. The van der Waals surface area contributed by atoms with E-state index in [0.717, 1.165) is 17.9 Å². The van der Waals surface area contributed by atoms with Crippen molar-refractivity contribution >= 4 is 0 Å². The van der Waals surface area contributed by atoms with Crippen molar-refractivity contribution in [1.82, 2.24) is 10.2 Å². The van der Waals surface area contributed by atoms with E-state index in [1.165, 1.54) is 76.2 Å². The molecule has 0 unspecified atom stereocenters. The van der Waals surface area contributed by atoms with Crippen LogP contribution in [0.1, 0.15) is 94.9 Å². The summed E-state index contributed by atoms with van der Waals surface area (Å²) in [5.41, 5.74) is 2.44. The van der Waals surface area contributed by atoms with E-state index in [2.05, 4.69) is 41.4 Å². The molecule has 3 rings (SSSR count). The number of rotatable bonds is 12. The highest BCUT2D eigenvalue weighted by molar-refractivity contribution is 5.53. The van der Waals surface area contributed by atoms with E-state index < -0.39 is 0 Å². The molecule has 0 aliphatic heterocycles. The normalized spacial score (nSPS) is 14.1. The van der Waals surface area contributed by atoms with Crippen molar-refractivity contribution in [1.29, 1.82) is 0 Å². The average Bonchev–Trinajstić information content (AvgIpc) is 3.37. The van der Waals surface area contributed by atoms with Crippen molar-refractivity contribution in [3.05, 3.63) is 35.7 Å². The topological polar surface area (TPSA) is 38.9 Å². The Balaban J connectivity index is 1.37. The summed E-state index contributed by atoms with van der Waals surface area (Å²) in [5, 5.41) is 8.41. The fourth-order valence-corrected chi connectivity index (χ4v) is 3.35. The lowest BCUT2D eigenvalue weighted by Gasteiger charge is -2.04. The molecular formula is C22H32N2O. The van der Waals surface area contributed by atoms with Crippen LogP contribution in [-0.4, -0.2) is 10.2 Å². The molecule has 0 N–H and O–H groups in total. The fraction of sp³-hybridized carbons (Fsp3) is 0.636. The van der Waals surface area contributed by atoms with Crippen LogP contribution in [0.3, 0.4) is 0 Å². The van der Waals surface area contributed by atoms with Crippen LogP contribution in [0.15, 0.2) is 28.7 Å². The molecule has 0 atom stereocenters. The number of benzene rings is 1. The van der Waals surface area contributed by atoms with Crippen LogP contribution < -0.4 is 0 Å². The van der Waals surface area contributed by atoms with Gasteiger partial charge in [-0.05, 0) is 43.4 Å². The Morgan fingerprint density at radius 1 is 0.920 bits per heavy atom. The quantitative estimate of drug-likeness (QED) is 0.404. The van der Waals surface area contributed by atoms with Crippen LogP contribution in [0, 0.1) is 0 Å². The predicted octanol–water partition coefficient (Wildman–Crippen LogP) is 6.69.